The van der Waals surface area contributed by atoms with Crippen molar-refractivity contribution in [3.05, 3.63) is 0 Å². The summed E-state index contributed by atoms with van der Waals surface area (Å²) in [7, 11) is -4.38. The molecule has 0 saturated heterocycles. The zero-order chi connectivity index (χ0) is 10.4. The van der Waals surface area contributed by atoms with E-state index in [0.717, 1.165) is 0 Å². The summed E-state index contributed by atoms with van der Waals surface area (Å²) in [4.78, 5) is 18.2. The van der Waals surface area contributed by atoms with Crippen molar-refractivity contribution in [2.24, 2.45) is 5.90 Å². The summed E-state index contributed by atoms with van der Waals surface area (Å²) in [5.41, 5.74) is 0. The van der Waals surface area contributed by atoms with Crippen molar-refractivity contribution in [1.29, 1.82) is 0 Å². The normalized spacial score (nSPS) is 9.50. The van der Waals surface area contributed by atoms with E-state index in [1.165, 1.54) is 0 Å². The molecule has 10 heteroatoms. The fraction of sp³-hybridized carbons (Fsp3) is 0. The van der Waals surface area contributed by atoms with Gasteiger partial charge in [0.15, 0.2) is 0 Å². The Morgan fingerprint density at radius 3 is 1.33 bits per heavy atom. The molecule has 0 fully saturated rings. The van der Waals surface area contributed by atoms with Gasteiger partial charge in [0.2, 0.25) is 0 Å². The summed E-state index contributed by atoms with van der Waals surface area (Å²) in [5.74, 6) is 0.319. The monoisotopic (exact) mass is 203 g/mol. The highest BCUT2D eigenvalue weighted by molar-refractivity contribution is 7.80. The number of carboxylic acid groups (broad SMARTS) is 2. The molecule has 0 aromatic heterocycles. The molecule has 0 unspecified atom stereocenters. The van der Waals surface area contributed by atoms with Gasteiger partial charge < -0.3 is 10.2 Å². The average Bonchev–Trinajstić information content (AvgIpc) is 1.87. The van der Waals surface area contributed by atoms with Crippen LogP contribution in [-0.2, 0) is 24.3 Å². The Kier molecular flexibility index (Phi) is 6.04. The molecule has 0 aromatic carbocycles. The van der Waals surface area contributed by atoms with Gasteiger partial charge in [-0.1, -0.05) is 0 Å². The van der Waals surface area contributed by atoms with Gasteiger partial charge >= 0.3 is 22.3 Å². The molecule has 12 heavy (non-hydrogen) atoms. The Balaban J connectivity index is 0. The van der Waals surface area contributed by atoms with E-state index in [2.05, 4.69) is 10.2 Å². The third kappa shape index (κ3) is 15.9. The molecule has 9 nitrogen and oxygen atoms in total. The molecule has 0 saturated carbocycles. The minimum absolute atomic E-state index is 1.82. The average molecular weight is 203 g/mol. The SMILES string of the molecule is NOS(=O)(=O)O.O=C(O)C(=O)O. The minimum atomic E-state index is -4.38. The predicted molar refractivity (Wildman–Crippen MR) is 32.1 cm³/mol. The highest BCUT2D eigenvalue weighted by atomic mass is 32.3. The topological polar surface area (TPSA) is 164 Å². The lowest BCUT2D eigenvalue weighted by molar-refractivity contribution is -0.159. The number of hydrogen-bond donors (Lipinski definition) is 4. The van der Waals surface area contributed by atoms with Gasteiger partial charge in [-0.15, -0.1) is 0 Å². The van der Waals surface area contributed by atoms with Crippen LogP contribution in [0.3, 0.4) is 0 Å². The van der Waals surface area contributed by atoms with Gasteiger partial charge in [0.05, 0.1) is 0 Å². The van der Waals surface area contributed by atoms with Gasteiger partial charge in [-0.25, -0.2) is 9.59 Å². The van der Waals surface area contributed by atoms with Crippen LogP contribution >= 0.6 is 0 Å². The summed E-state index contributed by atoms with van der Waals surface area (Å²) in [6, 6.07) is 0. The molecule has 0 bridgehead atoms. The number of carboxylic acids is 2. The number of carbonyl (C=O) groups is 2. The molecule has 0 aliphatic rings. The van der Waals surface area contributed by atoms with Crippen molar-refractivity contribution in [2.45, 2.75) is 0 Å². The van der Waals surface area contributed by atoms with Crippen LogP contribution < -0.4 is 5.90 Å². The molecule has 0 atom stereocenters. The molecule has 0 aliphatic carbocycles. The van der Waals surface area contributed by atoms with E-state index in [4.69, 9.17) is 24.4 Å². The van der Waals surface area contributed by atoms with Gasteiger partial charge in [0.1, 0.15) is 0 Å². The summed E-state index contributed by atoms with van der Waals surface area (Å²) in [6.45, 7) is 0. The van der Waals surface area contributed by atoms with Crippen molar-refractivity contribution >= 4 is 22.3 Å². The summed E-state index contributed by atoms with van der Waals surface area (Å²) >= 11 is 0. The van der Waals surface area contributed by atoms with E-state index < -0.39 is 22.3 Å². The molecular formula is C2H5NO8S. The van der Waals surface area contributed by atoms with Crippen LogP contribution in [0.5, 0.6) is 0 Å². The van der Waals surface area contributed by atoms with E-state index >= 15 is 0 Å². The minimum Gasteiger partial charge on any atom is -0.473 e. The lowest BCUT2D eigenvalue weighted by Crippen LogP contribution is -2.09. The Hall–Kier alpha value is -1.23. The second-order valence-corrected chi connectivity index (χ2v) is 2.18. The van der Waals surface area contributed by atoms with E-state index in [0.29, 0.717) is 0 Å². The Morgan fingerprint density at radius 2 is 1.33 bits per heavy atom. The van der Waals surface area contributed by atoms with Crippen LogP contribution in [0.2, 0.25) is 0 Å². The second-order valence-electron chi connectivity index (χ2n) is 1.13. The highest BCUT2D eigenvalue weighted by Gasteiger charge is 2.04. The van der Waals surface area contributed by atoms with E-state index in [1.807, 2.05) is 0 Å². The zero-order valence-corrected chi connectivity index (χ0v) is 6.18. The first-order valence-electron chi connectivity index (χ1n) is 2.02. The maximum absolute atomic E-state index is 9.21. The molecule has 5 N–H and O–H groups in total. The third-order valence-corrected chi connectivity index (χ3v) is 0.548. The van der Waals surface area contributed by atoms with Crippen LogP contribution in [-0.4, -0.2) is 35.1 Å². The Labute approximate surface area is 66.3 Å². The molecule has 0 amide bonds. The summed E-state index contributed by atoms with van der Waals surface area (Å²) in [5, 5.41) is 14.8. The third-order valence-electron chi connectivity index (χ3n) is 0.305. The van der Waals surface area contributed by atoms with Crippen molar-refractivity contribution in [1.82, 2.24) is 0 Å². The van der Waals surface area contributed by atoms with Gasteiger partial charge in [0, 0.05) is 0 Å². The van der Waals surface area contributed by atoms with Gasteiger partial charge in [-0.3, -0.25) is 4.55 Å². The molecule has 0 radical (unpaired) electrons. The largest absolute Gasteiger partial charge is 0.473 e. The molecule has 0 spiro atoms. The Morgan fingerprint density at radius 1 is 1.17 bits per heavy atom. The molecule has 72 valence electrons. The number of aliphatic carboxylic acids is 2. The summed E-state index contributed by atoms with van der Waals surface area (Å²) < 4.78 is 28.8. The lowest BCUT2D eigenvalue weighted by Gasteiger charge is -1.81. The van der Waals surface area contributed by atoms with Gasteiger partial charge in [-0.05, 0) is 0 Å². The fourth-order valence-electron chi connectivity index (χ4n) is 0. The highest BCUT2D eigenvalue weighted by Crippen LogP contribution is 1.70. The van der Waals surface area contributed by atoms with Crippen molar-refractivity contribution in [3.8, 4) is 0 Å². The van der Waals surface area contributed by atoms with Crippen LogP contribution in [0, 0.1) is 0 Å². The maximum Gasteiger partial charge on any atom is 0.414 e. The fourth-order valence-corrected chi connectivity index (χ4v) is 0. The summed E-state index contributed by atoms with van der Waals surface area (Å²) in [6.07, 6.45) is 0. The van der Waals surface area contributed by atoms with Crippen LogP contribution in [0.25, 0.3) is 0 Å². The van der Waals surface area contributed by atoms with Crippen LogP contribution in [0.15, 0.2) is 0 Å². The first kappa shape index (κ1) is 13.4. The van der Waals surface area contributed by atoms with E-state index in [9.17, 15) is 8.42 Å². The predicted octanol–water partition coefficient (Wildman–Crippen LogP) is -2.16. The lowest BCUT2D eigenvalue weighted by atomic mass is 10.7. The molecule has 0 aliphatic heterocycles. The Bertz CT molecular complexity index is 240. The van der Waals surface area contributed by atoms with E-state index in [-0.39, 0.29) is 0 Å². The smallest absolute Gasteiger partial charge is 0.414 e. The number of rotatable bonds is 1. The first-order valence-corrected chi connectivity index (χ1v) is 3.39. The number of hydrogen-bond acceptors (Lipinski definition) is 6. The quantitative estimate of drug-likeness (QED) is 0.211. The van der Waals surface area contributed by atoms with Crippen molar-refractivity contribution in [2.75, 3.05) is 0 Å². The van der Waals surface area contributed by atoms with Crippen LogP contribution in [0.4, 0.5) is 0 Å². The van der Waals surface area contributed by atoms with E-state index in [1.54, 1.807) is 0 Å². The molecule has 0 aromatic rings. The molecular weight excluding hydrogens is 198 g/mol. The standard InChI is InChI=1S/C2H2O4.H3NO4S/c3-1(4)2(5)6;1-5-6(2,3)4/h(H,3,4)(H,5,6);1H2,(H,2,3,4). The van der Waals surface area contributed by atoms with Crippen molar-refractivity contribution in [3.63, 3.8) is 0 Å². The second kappa shape index (κ2) is 5.42. The van der Waals surface area contributed by atoms with Crippen LogP contribution in [0.1, 0.15) is 0 Å². The molecule has 0 heterocycles. The number of nitrogens with two attached hydrogens (primary N) is 1. The van der Waals surface area contributed by atoms with Gasteiger partial charge in [-0.2, -0.15) is 18.6 Å². The zero-order valence-electron chi connectivity index (χ0n) is 5.37. The van der Waals surface area contributed by atoms with Gasteiger partial charge in [0.25, 0.3) is 0 Å². The molecule has 0 rings (SSSR count). The van der Waals surface area contributed by atoms with Crippen molar-refractivity contribution < 1.29 is 37.1 Å². The maximum atomic E-state index is 9.21. The first-order chi connectivity index (χ1) is 5.20.